The number of hydrogen-bond donors (Lipinski definition) is 0. The maximum atomic E-state index is 12.5. The quantitative estimate of drug-likeness (QED) is 0.773. The first-order valence-corrected chi connectivity index (χ1v) is 8.94. The van der Waals surface area contributed by atoms with Gasteiger partial charge in [-0.2, -0.15) is 17.0 Å². The molecule has 1 aromatic rings. The van der Waals surface area contributed by atoms with Crippen molar-refractivity contribution in [1.29, 1.82) is 0 Å². The lowest BCUT2D eigenvalue weighted by Gasteiger charge is -2.26. The van der Waals surface area contributed by atoms with E-state index in [9.17, 15) is 8.42 Å². The number of imidazole rings is 1. The molecule has 0 aromatic carbocycles. The van der Waals surface area contributed by atoms with Crippen molar-refractivity contribution in [1.82, 2.24) is 18.2 Å². The van der Waals surface area contributed by atoms with Gasteiger partial charge in [-0.1, -0.05) is 13.8 Å². The van der Waals surface area contributed by atoms with Gasteiger partial charge in [-0.05, 0) is 5.92 Å². The second-order valence-corrected chi connectivity index (χ2v) is 8.56. The van der Waals surface area contributed by atoms with Crippen LogP contribution in [0.15, 0.2) is 12.5 Å². The summed E-state index contributed by atoms with van der Waals surface area (Å²) in [6, 6.07) is 0. The van der Waals surface area contributed by atoms with Crippen molar-refractivity contribution in [2.75, 3.05) is 33.9 Å². The number of hydrogen-bond acceptors (Lipinski definition) is 4. The minimum Gasteiger partial charge on any atom is -0.381 e. The third-order valence-electron chi connectivity index (χ3n) is 3.65. The molecule has 0 amide bonds. The Balaban J connectivity index is 2.15. The molecule has 0 saturated carbocycles. The molecule has 0 spiro atoms. The van der Waals surface area contributed by atoms with Crippen molar-refractivity contribution in [3.63, 3.8) is 0 Å². The van der Waals surface area contributed by atoms with Crippen LogP contribution < -0.4 is 0 Å². The van der Waals surface area contributed by atoms with Crippen LogP contribution in [0.5, 0.6) is 0 Å². The fraction of sp³-hybridized carbons (Fsp3) is 0.786. The van der Waals surface area contributed by atoms with Crippen molar-refractivity contribution in [3.05, 3.63) is 18.2 Å². The molecule has 8 heteroatoms. The van der Waals surface area contributed by atoms with Crippen LogP contribution in [0.3, 0.4) is 0 Å². The van der Waals surface area contributed by atoms with E-state index in [1.54, 1.807) is 26.6 Å². The number of fused-ring (bicyclic) bond motifs is 1. The van der Waals surface area contributed by atoms with Crippen LogP contribution in [0.25, 0.3) is 0 Å². The maximum absolute atomic E-state index is 12.5. The fourth-order valence-corrected chi connectivity index (χ4v) is 3.65. The lowest BCUT2D eigenvalue weighted by molar-refractivity contribution is 0.0699. The Bertz CT molecular complexity index is 583. The zero-order valence-electron chi connectivity index (χ0n) is 13.8. The topological polar surface area (TPSA) is 67.7 Å². The van der Waals surface area contributed by atoms with E-state index in [-0.39, 0.29) is 5.92 Å². The van der Waals surface area contributed by atoms with Gasteiger partial charge >= 0.3 is 0 Å². The lowest BCUT2D eigenvalue weighted by Crippen LogP contribution is -2.42. The van der Waals surface area contributed by atoms with E-state index in [0.29, 0.717) is 32.2 Å². The third-order valence-corrected chi connectivity index (χ3v) is 5.50. The predicted octanol–water partition coefficient (Wildman–Crippen LogP) is 0.794. The molecule has 0 bridgehead atoms. The summed E-state index contributed by atoms with van der Waals surface area (Å²) in [6.45, 7) is 6.98. The predicted molar refractivity (Wildman–Crippen MR) is 84.4 cm³/mol. The van der Waals surface area contributed by atoms with Gasteiger partial charge in [0.2, 0.25) is 0 Å². The smallest absolute Gasteiger partial charge is 0.281 e. The van der Waals surface area contributed by atoms with E-state index in [2.05, 4.69) is 18.8 Å². The highest BCUT2D eigenvalue weighted by atomic mass is 32.2. The first-order valence-electron chi connectivity index (χ1n) is 7.55. The first kappa shape index (κ1) is 17.4. The molecule has 0 saturated heterocycles. The van der Waals surface area contributed by atoms with Gasteiger partial charge in [0.1, 0.15) is 0 Å². The molecule has 0 N–H and O–H groups in total. The standard InChI is InChI=1S/C14H26N4O3S/c1-12(2)9-21-10-13-6-17-11-15-5-14(17)8-18(7-13)22(19,20)16(3)4/h5,11-13H,6-10H2,1-4H3/t13-/m0/s1. The number of rotatable bonds is 6. The molecule has 0 unspecified atom stereocenters. The Hall–Kier alpha value is -0.960. The lowest BCUT2D eigenvalue weighted by atomic mass is 10.1. The van der Waals surface area contributed by atoms with Crippen molar-refractivity contribution >= 4 is 10.2 Å². The van der Waals surface area contributed by atoms with Crippen LogP contribution in [-0.2, 0) is 28.0 Å². The van der Waals surface area contributed by atoms with Crippen molar-refractivity contribution in [2.45, 2.75) is 26.9 Å². The van der Waals surface area contributed by atoms with Crippen LogP contribution in [0.1, 0.15) is 19.5 Å². The molecule has 1 aliphatic heterocycles. The van der Waals surface area contributed by atoms with Crippen LogP contribution in [-0.4, -0.2) is 60.4 Å². The normalized spacial score (nSPS) is 20.4. The Kier molecular flexibility index (Phi) is 5.60. The minimum absolute atomic E-state index is 0.115. The maximum Gasteiger partial charge on any atom is 0.281 e. The van der Waals surface area contributed by atoms with Crippen LogP contribution in [0, 0.1) is 11.8 Å². The summed E-state index contributed by atoms with van der Waals surface area (Å²) in [5, 5.41) is 0. The van der Waals surface area contributed by atoms with E-state index >= 15 is 0 Å². The van der Waals surface area contributed by atoms with E-state index < -0.39 is 10.2 Å². The first-order chi connectivity index (χ1) is 10.3. The highest BCUT2D eigenvalue weighted by Gasteiger charge is 2.31. The average molecular weight is 330 g/mol. The van der Waals surface area contributed by atoms with Gasteiger partial charge in [0, 0.05) is 45.9 Å². The molecular formula is C14H26N4O3S. The molecular weight excluding hydrogens is 304 g/mol. The molecule has 0 aliphatic carbocycles. The molecule has 1 aromatic heterocycles. The van der Waals surface area contributed by atoms with E-state index in [4.69, 9.17) is 4.74 Å². The van der Waals surface area contributed by atoms with Crippen LogP contribution in [0.2, 0.25) is 0 Å². The molecule has 0 radical (unpaired) electrons. The second-order valence-electron chi connectivity index (χ2n) is 6.42. The summed E-state index contributed by atoms with van der Waals surface area (Å²) in [5.74, 6) is 0.583. The summed E-state index contributed by atoms with van der Waals surface area (Å²) < 4.78 is 35.5. The molecule has 0 fully saturated rings. The second kappa shape index (κ2) is 7.08. The molecule has 1 atom stereocenters. The van der Waals surface area contributed by atoms with Crippen molar-refractivity contribution in [3.8, 4) is 0 Å². The van der Waals surface area contributed by atoms with Crippen LogP contribution in [0.4, 0.5) is 0 Å². The van der Waals surface area contributed by atoms with E-state index in [0.717, 1.165) is 12.2 Å². The van der Waals surface area contributed by atoms with Gasteiger partial charge < -0.3 is 9.30 Å². The fourth-order valence-electron chi connectivity index (χ4n) is 2.50. The number of ether oxygens (including phenoxy) is 1. The Morgan fingerprint density at radius 2 is 2.14 bits per heavy atom. The SMILES string of the molecule is CC(C)COC[C@@H]1CN(S(=O)(=O)N(C)C)Cc2cncn2C1. The van der Waals surface area contributed by atoms with E-state index in [1.807, 2.05) is 4.57 Å². The average Bonchev–Trinajstić information content (AvgIpc) is 2.76. The van der Waals surface area contributed by atoms with Gasteiger partial charge in [0.05, 0.1) is 25.2 Å². The van der Waals surface area contributed by atoms with Gasteiger partial charge in [0.25, 0.3) is 10.2 Å². The van der Waals surface area contributed by atoms with Gasteiger partial charge in [-0.3, -0.25) is 0 Å². The molecule has 126 valence electrons. The summed E-state index contributed by atoms with van der Waals surface area (Å²) >= 11 is 0. The zero-order chi connectivity index (χ0) is 16.3. The molecule has 7 nitrogen and oxygen atoms in total. The summed E-state index contributed by atoms with van der Waals surface area (Å²) in [5.41, 5.74) is 0.914. The summed E-state index contributed by atoms with van der Waals surface area (Å²) in [7, 11) is -0.334. The largest absolute Gasteiger partial charge is 0.381 e. The molecule has 22 heavy (non-hydrogen) atoms. The molecule has 2 heterocycles. The molecule has 2 rings (SSSR count). The Morgan fingerprint density at radius 1 is 1.41 bits per heavy atom. The number of nitrogens with zero attached hydrogens (tertiary/aromatic N) is 4. The Morgan fingerprint density at radius 3 is 2.77 bits per heavy atom. The minimum atomic E-state index is -3.45. The van der Waals surface area contributed by atoms with Crippen molar-refractivity contribution in [2.24, 2.45) is 11.8 Å². The molecule has 1 aliphatic rings. The summed E-state index contributed by atoms with van der Waals surface area (Å²) in [4.78, 5) is 4.14. The third kappa shape index (κ3) is 4.07. The Labute approximate surface area is 133 Å². The zero-order valence-corrected chi connectivity index (χ0v) is 14.6. The monoisotopic (exact) mass is 330 g/mol. The highest BCUT2D eigenvalue weighted by Crippen LogP contribution is 2.20. The number of aromatic nitrogens is 2. The van der Waals surface area contributed by atoms with Gasteiger partial charge in [-0.25, -0.2) is 4.98 Å². The van der Waals surface area contributed by atoms with Gasteiger partial charge in [0.15, 0.2) is 0 Å². The highest BCUT2D eigenvalue weighted by molar-refractivity contribution is 7.86. The van der Waals surface area contributed by atoms with Gasteiger partial charge in [-0.15, -0.1) is 0 Å². The van der Waals surface area contributed by atoms with E-state index in [1.165, 1.54) is 8.61 Å². The van der Waals surface area contributed by atoms with Crippen molar-refractivity contribution < 1.29 is 13.2 Å². The van der Waals surface area contributed by atoms with Crippen LogP contribution >= 0.6 is 0 Å². The summed E-state index contributed by atoms with van der Waals surface area (Å²) in [6.07, 6.45) is 3.49.